The zero-order valence-corrected chi connectivity index (χ0v) is 10.8. The molecule has 0 atom stereocenters. The van der Waals surface area contributed by atoms with Crippen LogP contribution in [0.15, 0.2) is 18.3 Å². The topological polar surface area (TPSA) is 64.1 Å². The lowest BCUT2D eigenvalue weighted by atomic mass is 9.73. The summed E-state index contributed by atoms with van der Waals surface area (Å²) in [5.74, 6) is -0.629. The molecular formula is C15H13NO3. The van der Waals surface area contributed by atoms with Crippen LogP contribution < -0.4 is 0 Å². The summed E-state index contributed by atoms with van der Waals surface area (Å²) in [6.45, 7) is 4.00. The van der Waals surface area contributed by atoms with Gasteiger partial charge in [0, 0.05) is 18.2 Å². The number of carbonyl (C=O) groups is 3. The van der Waals surface area contributed by atoms with Crippen molar-refractivity contribution in [2.45, 2.75) is 26.7 Å². The zero-order valence-electron chi connectivity index (χ0n) is 10.8. The molecule has 0 aromatic carbocycles. The molecule has 0 spiro atoms. The van der Waals surface area contributed by atoms with Crippen molar-refractivity contribution in [3.05, 3.63) is 40.7 Å². The fourth-order valence-corrected chi connectivity index (χ4v) is 2.79. The summed E-state index contributed by atoms with van der Waals surface area (Å²) in [6.07, 6.45) is 4.91. The molecule has 3 rings (SSSR count). The molecule has 0 unspecified atom stereocenters. The minimum Gasteiger partial charge on any atom is -0.294 e. The van der Waals surface area contributed by atoms with Gasteiger partial charge in [-0.05, 0) is 24.0 Å². The normalized spacial score (nSPS) is 20.2. The standard InChI is InChI=1S/C15H13NO3/c1-15(2)5-9-14(12(19)6-15)13-8(7-16-9)10(17)3-4-11(13)18/h3-4,7H,5-6H2,1-2H3. The third-order valence-electron chi connectivity index (χ3n) is 3.62. The van der Waals surface area contributed by atoms with Gasteiger partial charge in [-0.2, -0.15) is 0 Å². The quantitative estimate of drug-likeness (QED) is 0.712. The molecule has 96 valence electrons. The predicted octanol–water partition coefficient (Wildman–Crippen LogP) is 2.17. The molecule has 19 heavy (non-hydrogen) atoms. The number of nitrogens with zero attached hydrogens (tertiary/aromatic N) is 1. The third kappa shape index (κ3) is 1.75. The highest BCUT2D eigenvalue weighted by Gasteiger charge is 2.36. The first-order valence-corrected chi connectivity index (χ1v) is 6.21. The number of allylic oxidation sites excluding steroid dienone is 2. The van der Waals surface area contributed by atoms with Gasteiger partial charge < -0.3 is 0 Å². The van der Waals surface area contributed by atoms with Gasteiger partial charge in [-0.3, -0.25) is 19.4 Å². The van der Waals surface area contributed by atoms with Crippen molar-refractivity contribution in [2.75, 3.05) is 0 Å². The van der Waals surface area contributed by atoms with E-state index in [1.165, 1.54) is 18.3 Å². The van der Waals surface area contributed by atoms with Crippen LogP contribution in [0, 0.1) is 5.41 Å². The van der Waals surface area contributed by atoms with E-state index in [1.54, 1.807) is 0 Å². The molecule has 0 bridgehead atoms. The second kappa shape index (κ2) is 3.70. The lowest BCUT2D eigenvalue weighted by Gasteiger charge is -2.30. The molecule has 0 saturated heterocycles. The summed E-state index contributed by atoms with van der Waals surface area (Å²) in [7, 11) is 0. The monoisotopic (exact) mass is 255 g/mol. The van der Waals surface area contributed by atoms with Crippen LogP contribution in [-0.2, 0) is 6.42 Å². The van der Waals surface area contributed by atoms with E-state index in [9.17, 15) is 14.4 Å². The summed E-state index contributed by atoms with van der Waals surface area (Å²) in [5, 5.41) is 0. The van der Waals surface area contributed by atoms with Gasteiger partial charge in [0.1, 0.15) is 0 Å². The summed E-state index contributed by atoms with van der Waals surface area (Å²) >= 11 is 0. The van der Waals surface area contributed by atoms with E-state index in [2.05, 4.69) is 4.98 Å². The molecule has 1 aromatic rings. The highest BCUT2D eigenvalue weighted by Crippen LogP contribution is 2.36. The molecule has 1 heterocycles. The molecule has 0 amide bonds. The third-order valence-corrected chi connectivity index (χ3v) is 3.62. The van der Waals surface area contributed by atoms with Gasteiger partial charge in [0.05, 0.1) is 16.8 Å². The van der Waals surface area contributed by atoms with Gasteiger partial charge in [-0.15, -0.1) is 0 Å². The van der Waals surface area contributed by atoms with Crippen LogP contribution in [0.2, 0.25) is 0 Å². The van der Waals surface area contributed by atoms with E-state index in [1.807, 2.05) is 13.8 Å². The molecule has 0 radical (unpaired) electrons. The second-order valence-corrected chi connectivity index (χ2v) is 5.87. The lowest BCUT2D eigenvalue weighted by molar-refractivity contribution is 0.0899. The molecule has 2 aliphatic carbocycles. The molecule has 0 saturated carbocycles. The van der Waals surface area contributed by atoms with Crippen LogP contribution in [-0.4, -0.2) is 22.3 Å². The van der Waals surface area contributed by atoms with E-state index >= 15 is 0 Å². The summed E-state index contributed by atoms with van der Waals surface area (Å²) in [6, 6.07) is 0. The van der Waals surface area contributed by atoms with Gasteiger partial charge in [0.15, 0.2) is 17.3 Å². The van der Waals surface area contributed by atoms with Crippen LogP contribution in [0.4, 0.5) is 0 Å². The summed E-state index contributed by atoms with van der Waals surface area (Å²) in [5.41, 5.74) is 1.34. The number of hydrogen-bond donors (Lipinski definition) is 0. The van der Waals surface area contributed by atoms with Crippen molar-refractivity contribution in [2.24, 2.45) is 5.41 Å². The molecule has 0 aliphatic heterocycles. The Morgan fingerprint density at radius 2 is 1.68 bits per heavy atom. The number of ketones is 3. The highest BCUT2D eigenvalue weighted by molar-refractivity contribution is 6.25. The number of pyridine rings is 1. The van der Waals surface area contributed by atoms with Crippen molar-refractivity contribution < 1.29 is 14.4 Å². The van der Waals surface area contributed by atoms with Gasteiger partial charge in [0.25, 0.3) is 0 Å². The second-order valence-electron chi connectivity index (χ2n) is 5.87. The van der Waals surface area contributed by atoms with Gasteiger partial charge in [0.2, 0.25) is 0 Å². The predicted molar refractivity (Wildman–Crippen MR) is 68.5 cm³/mol. The van der Waals surface area contributed by atoms with Gasteiger partial charge >= 0.3 is 0 Å². The Balaban J connectivity index is 2.28. The summed E-state index contributed by atoms with van der Waals surface area (Å²) < 4.78 is 0. The van der Waals surface area contributed by atoms with Crippen molar-refractivity contribution in [3.8, 4) is 0 Å². The Labute approximate surface area is 110 Å². The van der Waals surface area contributed by atoms with Crippen LogP contribution in [0.3, 0.4) is 0 Å². The lowest BCUT2D eigenvalue weighted by Crippen LogP contribution is -2.31. The Morgan fingerprint density at radius 1 is 1.00 bits per heavy atom. The average molecular weight is 255 g/mol. The SMILES string of the molecule is CC1(C)CC(=O)c2c(ncc3c2C(=O)C=CC3=O)C1. The first kappa shape index (κ1) is 12.0. The number of hydrogen-bond acceptors (Lipinski definition) is 4. The largest absolute Gasteiger partial charge is 0.294 e. The van der Waals surface area contributed by atoms with Crippen molar-refractivity contribution in [3.63, 3.8) is 0 Å². The van der Waals surface area contributed by atoms with Crippen molar-refractivity contribution in [1.82, 2.24) is 4.98 Å². The fourth-order valence-electron chi connectivity index (χ4n) is 2.79. The van der Waals surface area contributed by atoms with Gasteiger partial charge in [-0.25, -0.2) is 0 Å². The number of fused-ring (bicyclic) bond motifs is 3. The molecule has 0 fully saturated rings. The first-order valence-electron chi connectivity index (χ1n) is 6.21. The smallest absolute Gasteiger partial charge is 0.188 e. The highest BCUT2D eigenvalue weighted by atomic mass is 16.1. The maximum Gasteiger partial charge on any atom is 0.188 e. The number of carbonyl (C=O) groups excluding carboxylic acids is 3. The minimum absolute atomic E-state index is 0.0907. The van der Waals surface area contributed by atoms with Crippen molar-refractivity contribution >= 4 is 17.3 Å². The number of aromatic nitrogens is 1. The Morgan fingerprint density at radius 3 is 2.42 bits per heavy atom. The maximum atomic E-state index is 12.3. The molecule has 1 aromatic heterocycles. The minimum atomic E-state index is -0.277. The Kier molecular flexibility index (Phi) is 2.33. The van der Waals surface area contributed by atoms with E-state index in [0.29, 0.717) is 24.1 Å². The number of rotatable bonds is 0. The molecule has 4 nitrogen and oxygen atoms in total. The molecule has 0 N–H and O–H groups in total. The summed E-state index contributed by atoms with van der Waals surface area (Å²) in [4.78, 5) is 40.3. The first-order chi connectivity index (χ1) is 8.89. The Bertz CT molecular complexity index is 668. The van der Waals surface area contributed by atoms with Crippen molar-refractivity contribution in [1.29, 1.82) is 0 Å². The van der Waals surface area contributed by atoms with E-state index < -0.39 is 0 Å². The maximum absolute atomic E-state index is 12.3. The van der Waals surface area contributed by atoms with Crippen LogP contribution >= 0.6 is 0 Å². The van der Waals surface area contributed by atoms with Crippen LogP contribution in [0.1, 0.15) is 57.0 Å². The zero-order chi connectivity index (χ0) is 13.8. The van der Waals surface area contributed by atoms with Crippen LogP contribution in [0.25, 0.3) is 0 Å². The van der Waals surface area contributed by atoms with E-state index in [4.69, 9.17) is 0 Å². The Hall–Kier alpha value is -2.10. The molecule has 2 aliphatic rings. The van der Waals surface area contributed by atoms with Gasteiger partial charge in [-0.1, -0.05) is 13.8 Å². The average Bonchev–Trinajstić information content (AvgIpc) is 2.31. The number of Topliss-reactive ketones (excluding diaryl/α,β-unsaturated/α-hetero) is 1. The van der Waals surface area contributed by atoms with E-state index in [-0.39, 0.29) is 33.9 Å². The van der Waals surface area contributed by atoms with Crippen LogP contribution in [0.5, 0.6) is 0 Å². The molecular weight excluding hydrogens is 242 g/mol. The fraction of sp³-hybridized carbons (Fsp3) is 0.333. The van der Waals surface area contributed by atoms with E-state index in [0.717, 1.165) is 0 Å². The molecule has 4 heteroatoms.